The highest BCUT2D eigenvalue weighted by Crippen LogP contribution is 2.26. The number of rotatable bonds is 5. The maximum Gasteiger partial charge on any atom is 0.224 e. The number of aliphatic hydroxyl groups excluding tert-OH is 1. The predicted molar refractivity (Wildman–Crippen MR) is 74.9 cm³/mol. The molecule has 1 aromatic heterocycles. The molecule has 1 aliphatic rings. The normalized spacial score (nSPS) is 19.5. The molecule has 0 aromatic carbocycles. The monoisotopic (exact) mass is 286 g/mol. The third-order valence-corrected chi connectivity index (χ3v) is 3.24. The molecule has 6 nitrogen and oxygen atoms in total. The molecule has 0 spiro atoms. The summed E-state index contributed by atoms with van der Waals surface area (Å²) in [5.41, 5.74) is 0. The van der Waals surface area contributed by atoms with Crippen LogP contribution in [0, 0.1) is 0 Å². The summed E-state index contributed by atoms with van der Waals surface area (Å²) in [6.07, 6.45) is 2.59. The van der Waals surface area contributed by atoms with E-state index in [1.807, 2.05) is 4.90 Å². The van der Waals surface area contributed by atoms with Crippen LogP contribution in [0.3, 0.4) is 0 Å². The largest absolute Gasteiger partial charge is 0.394 e. The van der Waals surface area contributed by atoms with Crippen LogP contribution in [0.25, 0.3) is 0 Å². The van der Waals surface area contributed by atoms with Crippen LogP contribution < -0.4 is 10.2 Å². The fourth-order valence-corrected chi connectivity index (χ4v) is 2.17. The number of aliphatic hydroxyl groups is 1. The molecule has 1 unspecified atom stereocenters. The molecule has 0 aliphatic carbocycles. The number of aromatic nitrogens is 2. The van der Waals surface area contributed by atoms with Crippen LogP contribution in [-0.4, -0.2) is 54.0 Å². The van der Waals surface area contributed by atoms with Crippen LogP contribution >= 0.6 is 11.6 Å². The fraction of sp³-hybridized carbons (Fsp3) is 0.667. The van der Waals surface area contributed by atoms with Gasteiger partial charge in [0.05, 0.1) is 32.1 Å². The van der Waals surface area contributed by atoms with Gasteiger partial charge < -0.3 is 20.1 Å². The first kappa shape index (κ1) is 14.3. The number of ether oxygens (including phenoxy) is 1. The maximum atomic E-state index is 9.40. The molecule has 2 rings (SSSR count). The van der Waals surface area contributed by atoms with E-state index in [4.69, 9.17) is 16.3 Å². The average molecular weight is 287 g/mol. The van der Waals surface area contributed by atoms with Gasteiger partial charge in [-0.2, -0.15) is 4.98 Å². The summed E-state index contributed by atoms with van der Waals surface area (Å²) in [5, 5.41) is 13.0. The zero-order valence-electron chi connectivity index (χ0n) is 11.0. The van der Waals surface area contributed by atoms with Crippen molar-refractivity contribution in [3.63, 3.8) is 0 Å². The van der Waals surface area contributed by atoms with Crippen molar-refractivity contribution in [3.05, 3.63) is 11.2 Å². The van der Waals surface area contributed by atoms with Gasteiger partial charge in [0.25, 0.3) is 0 Å². The SMILES string of the molecule is CCCNc1ncc(Cl)c(N2CCOCC2CO)n1. The molecule has 1 saturated heterocycles. The minimum Gasteiger partial charge on any atom is -0.394 e. The predicted octanol–water partition coefficient (Wildman–Crippen LogP) is 1.15. The van der Waals surface area contributed by atoms with Gasteiger partial charge in [0.1, 0.15) is 5.02 Å². The second-order valence-corrected chi connectivity index (χ2v) is 4.80. The van der Waals surface area contributed by atoms with Crippen molar-refractivity contribution in [2.24, 2.45) is 0 Å². The van der Waals surface area contributed by atoms with E-state index < -0.39 is 0 Å². The second kappa shape index (κ2) is 6.88. The van der Waals surface area contributed by atoms with Crippen molar-refractivity contribution in [1.29, 1.82) is 0 Å². The lowest BCUT2D eigenvalue weighted by atomic mass is 10.2. The summed E-state index contributed by atoms with van der Waals surface area (Å²) in [6, 6.07) is -0.111. The molecular formula is C12H19ClN4O2. The lowest BCUT2D eigenvalue weighted by molar-refractivity contribution is 0.0723. The van der Waals surface area contributed by atoms with Crippen molar-refractivity contribution >= 4 is 23.4 Å². The Hall–Kier alpha value is -1.11. The number of hydrogen-bond acceptors (Lipinski definition) is 6. The van der Waals surface area contributed by atoms with Gasteiger partial charge in [-0.15, -0.1) is 0 Å². The highest BCUT2D eigenvalue weighted by molar-refractivity contribution is 6.32. The van der Waals surface area contributed by atoms with Gasteiger partial charge in [0.2, 0.25) is 5.95 Å². The fourth-order valence-electron chi connectivity index (χ4n) is 1.97. The molecule has 2 N–H and O–H groups in total. The molecule has 7 heteroatoms. The summed E-state index contributed by atoms with van der Waals surface area (Å²) in [5.74, 6) is 1.21. The highest BCUT2D eigenvalue weighted by Gasteiger charge is 2.25. The van der Waals surface area contributed by atoms with Crippen molar-refractivity contribution < 1.29 is 9.84 Å². The lowest BCUT2D eigenvalue weighted by Crippen LogP contribution is -2.48. The lowest BCUT2D eigenvalue weighted by Gasteiger charge is -2.35. The average Bonchev–Trinajstić information content (AvgIpc) is 2.46. The number of nitrogens with zero attached hydrogens (tertiary/aromatic N) is 3. The number of halogens is 1. The number of hydrogen-bond donors (Lipinski definition) is 2. The van der Waals surface area contributed by atoms with Gasteiger partial charge in [0.15, 0.2) is 5.82 Å². The summed E-state index contributed by atoms with van der Waals surface area (Å²) in [6.45, 7) is 4.65. The van der Waals surface area contributed by atoms with E-state index >= 15 is 0 Å². The van der Waals surface area contributed by atoms with Crippen LogP contribution in [0.5, 0.6) is 0 Å². The molecule has 106 valence electrons. The van der Waals surface area contributed by atoms with Gasteiger partial charge in [-0.05, 0) is 6.42 Å². The van der Waals surface area contributed by atoms with Crippen LogP contribution in [0.1, 0.15) is 13.3 Å². The van der Waals surface area contributed by atoms with Crippen LogP contribution in [0.15, 0.2) is 6.20 Å². The number of anilines is 2. The van der Waals surface area contributed by atoms with Gasteiger partial charge in [0, 0.05) is 13.1 Å². The Morgan fingerprint density at radius 2 is 2.47 bits per heavy atom. The van der Waals surface area contributed by atoms with Crippen LogP contribution in [0.4, 0.5) is 11.8 Å². The quantitative estimate of drug-likeness (QED) is 0.846. The Bertz CT molecular complexity index is 419. The molecule has 19 heavy (non-hydrogen) atoms. The first-order valence-electron chi connectivity index (χ1n) is 6.48. The van der Waals surface area contributed by atoms with Gasteiger partial charge in [-0.1, -0.05) is 18.5 Å². The van der Waals surface area contributed by atoms with Gasteiger partial charge in [-0.25, -0.2) is 4.98 Å². The van der Waals surface area contributed by atoms with E-state index in [1.54, 1.807) is 6.20 Å². The second-order valence-electron chi connectivity index (χ2n) is 4.40. The summed E-state index contributed by atoms with van der Waals surface area (Å²) >= 11 is 6.17. The molecule has 0 saturated carbocycles. The summed E-state index contributed by atoms with van der Waals surface area (Å²) < 4.78 is 5.36. The molecule has 2 heterocycles. The van der Waals surface area contributed by atoms with Crippen molar-refractivity contribution in [1.82, 2.24) is 9.97 Å². The summed E-state index contributed by atoms with van der Waals surface area (Å²) in [4.78, 5) is 10.6. The molecule has 1 aliphatic heterocycles. The molecule has 1 aromatic rings. The summed E-state index contributed by atoms with van der Waals surface area (Å²) in [7, 11) is 0. The van der Waals surface area contributed by atoms with Crippen molar-refractivity contribution in [2.45, 2.75) is 19.4 Å². The van der Waals surface area contributed by atoms with E-state index in [9.17, 15) is 5.11 Å². The zero-order chi connectivity index (χ0) is 13.7. The Morgan fingerprint density at radius 1 is 1.63 bits per heavy atom. The Kier molecular flexibility index (Phi) is 5.18. The Balaban J connectivity index is 2.21. The smallest absolute Gasteiger partial charge is 0.224 e. The van der Waals surface area contributed by atoms with E-state index in [-0.39, 0.29) is 12.6 Å². The van der Waals surface area contributed by atoms with E-state index in [0.717, 1.165) is 13.0 Å². The van der Waals surface area contributed by atoms with Crippen molar-refractivity contribution in [3.8, 4) is 0 Å². The van der Waals surface area contributed by atoms with Gasteiger partial charge in [-0.3, -0.25) is 0 Å². The topological polar surface area (TPSA) is 70.5 Å². The van der Waals surface area contributed by atoms with Crippen LogP contribution in [0.2, 0.25) is 5.02 Å². The molecule has 0 bridgehead atoms. The zero-order valence-corrected chi connectivity index (χ0v) is 11.7. The molecule has 0 amide bonds. The third kappa shape index (κ3) is 3.46. The molecule has 0 radical (unpaired) electrons. The Morgan fingerprint density at radius 3 is 3.21 bits per heavy atom. The van der Waals surface area contributed by atoms with Gasteiger partial charge >= 0.3 is 0 Å². The van der Waals surface area contributed by atoms with Crippen molar-refractivity contribution in [2.75, 3.05) is 43.1 Å². The maximum absolute atomic E-state index is 9.40. The van der Waals surface area contributed by atoms with E-state index in [1.165, 1.54) is 0 Å². The minimum absolute atomic E-state index is 0.0120. The highest BCUT2D eigenvalue weighted by atomic mass is 35.5. The minimum atomic E-state index is -0.111. The molecular weight excluding hydrogens is 268 g/mol. The van der Waals surface area contributed by atoms with Crippen LogP contribution in [-0.2, 0) is 4.74 Å². The standard InChI is InChI=1S/C12H19ClN4O2/c1-2-3-14-12-15-6-10(13)11(16-12)17-4-5-19-8-9(17)7-18/h6,9,18H,2-5,7-8H2,1H3,(H,14,15,16). The molecule has 1 fully saturated rings. The number of nitrogens with one attached hydrogen (secondary N) is 1. The Labute approximate surface area is 117 Å². The van der Waals surface area contributed by atoms with E-state index in [2.05, 4.69) is 22.2 Å². The first-order chi connectivity index (χ1) is 9.26. The number of morpholine rings is 1. The first-order valence-corrected chi connectivity index (χ1v) is 6.85. The van der Waals surface area contributed by atoms with E-state index in [0.29, 0.717) is 36.5 Å². The molecule has 1 atom stereocenters. The third-order valence-electron chi connectivity index (χ3n) is 2.97.